The molecule has 0 fully saturated rings. The predicted octanol–water partition coefficient (Wildman–Crippen LogP) is 1.07. The maximum atomic E-state index is 10.0. The van der Waals surface area contributed by atoms with Gasteiger partial charge < -0.3 is 15.2 Å². The number of fused-ring (bicyclic) bond motifs is 1. The molecule has 2 aromatic rings. The van der Waals surface area contributed by atoms with Crippen molar-refractivity contribution >= 4 is 0 Å². The first kappa shape index (κ1) is 16.1. The number of aromatic nitrogens is 3. The second-order valence-corrected chi connectivity index (χ2v) is 6.06. The molecule has 0 bridgehead atoms. The van der Waals surface area contributed by atoms with Crippen molar-refractivity contribution in [3.05, 3.63) is 47.5 Å². The summed E-state index contributed by atoms with van der Waals surface area (Å²) in [7, 11) is 0. The van der Waals surface area contributed by atoms with Crippen LogP contribution in [0, 0.1) is 6.92 Å². The fourth-order valence-corrected chi connectivity index (χ4v) is 2.85. The summed E-state index contributed by atoms with van der Waals surface area (Å²) in [6.07, 6.45) is 1.45. The molecular formula is C17H24N4O2. The number of nitrogens with zero attached hydrogens (tertiary/aromatic N) is 3. The van der Waals surface area contributed by atoms with Crippen molar-refractivity contribution in [2.45, 2.75) is 45.1 Å². The van der Waals surface area contributed by atoms with Crippen molar-refractivity contribution in [2.24, 2.45) is 0 Å². The molecule has 0 saturated heterocycles. The lowest BCUT2D eigenvalue weighted by molar-refractivity contribution is 0.0269. The van der Waals surface area contributed by atoms with Crippen molar-refractivity contribution in [3.63, 3.8) is 0 Å². The number of aryl methyl sites for hydroxylation is 2. The molecular weight excluding hydrogens is 292 g/mol. The topological polar surface area (TPSA) is 72.2 Å². The van der Waals surface area contributed by atoms with Gasteiger partial charge in [-0.25, -0.2) is 9.67 Å². The fourth-order valence-electron chi connectivity index (χ4n) is 2.85. The van der Waals surface area contributed by atoms with Gasteiger partial charge >= 0.3 is 0 Å². The number of hydrogen-bond acceptors (Lipinski definition) is 5. The third kappa shape index (κ3) is 4.60. The highest BCUT2D eigenvalue weighted by Crippen LogP contribution is 2.12. The molecule has 23 heavy (non-hydrogen) atoms. The zero-order valence-corrected chi connectivity index (χ0v) is 13.5. The van der Waals surface area contributed by atoms with E-state index in [0.717, 1.165) is 36.6 Å². The van der Waals surface area contributed by atoms with E-state index in [-0.39, 0.29) is 0 Å². The Morgan fingerprint density at radius 2 is 2.22 bits per heavy atom. The highest BCUT2D eigenvalue weighted by molar-refractivity contribution is 5.13. The summed E-state index contributed by atoms with van der Waals surface area (Å²) in [6, 6.07) is 10.3. The van der Waals surface area contributed by atoms with E-state index in [1.54, 1.807) is 0 Å². The summed E-state index contributed by atoms with van der Waals surface area (Å²) in [5, 5.41) is 17.8. The predicted molar refractivity (Wildman–Crippen MR) is 87.0 cm³/mol. The molecule has 0 spiro atoms. The van der Waals surface area contributed by atoms with Gasteiger partial charge in [0.05, 0.1) is 25.9 Å². The van der Waals surface area contributed by atoms with E-state index in [9.17, 15) is 5.11 Å². The lowest BCUT2D eigenvalue weighted by Crippen LogP contribution is -2.42. The van der Waals surface area contributed by atoms with Crippen LogP contribution in [0.4, 0.5) is 0 Å². The molecule has 0 radical (unpaired) electrons. The number of aliphatic hydroxyl groups excluding tert-OH is 1. The molecule has 124 valence electrons. The minimum atomic E-state index is -0.502. The zero-order chi connectivity index (χ0) is 16.1. The van der Waals surface area contributed by atoms with Crippen LogP contribution in [0.3, 0.4) is 0 Å². The molecule has 6 heteroatoms. The maximum Gasteiger partial charge on any atom is 0.147 e. The van der Waals surface area contributed by atoms with Crippen LogP contribution in [-0.4, -0.2) is 45.2 Å². The molecule has 0 amide bonds. The van der Waals surface area contributed by atoms with Crippen molar-refractivity contribution in [3.8, 4) is 0 Å². The largest absolute Gasteiger partial charge is 0.389 e. The number of rotatable bonds is 7. The Kier molecular flexibility index (Phi) is 5.38. The molecule has 1 aliphatic heterocycles. The van der Waals surface area contributed by atoms with Crippen LogP contribution in [0.2, 0.25) is 0 Å². The summed E-state index contributed by atoms with van der Waals surface area (Å²) < 4.78 is 7.53. The second kappa shape index (κ2) is 7.68. The van der Waals surface area contributed by atoms with Gasteiger partial charge in [-0.3, -0.25) is 0 Å². The van der Waals surface area contributed by atoms with E-state index in [1.807, 2.05) is 41.9 Å². The Bertz CT molecular complexity index is 614. The quantitative estimate of drug-likeness (QED) is 0.799. The summed E-state index contributed by atoms with van der Waals surface area (Å²) in [5.41, 5.74) is 1.12. The number of hydrogen-bond donors (Lipinski definition) is 2. The van der Waals surface area contributed by atoms with Gasteiger partial charge in [-0.05, 0) is 18.9 Å². The van der Waals surface area contributed by atoms with E-state index in [2.05, 4.69) is 15.4 Å². The fraction of sp³-hybridized carbons (Fsp3) is 0.529. The van der Waals surface area contributed by atoms with Crippen LogP contribution < -0.4 is 5.32 Å². The molecule has 3 rings (SSSR count). The van der Waals surface area contributed by atoms with E-state index >= 15 is 0 Å². The monoisotopic (exact) mass is 316 g/mol. The molecule has 0 saturated carbocycles. The smallest absolute Gasteiger partial charge is 0.147 e. The van der Waals surface area contributed by atoms with Gasteiger partial charge in [0.15, 0.2) is 0 Å². The van der Waals surface area contributed by atoms with Gasteiger partial charge in [-0.15, -0.1) is 0 Å². The van der Waals surface area contributed by atoms with Gasteiger partial charge in [0.2, 0.25) is 0 Å². The van der Waals surface area contributed by atoms with Crippen molar-refractivity contribution in [1.29, 1.82) is 0 Å². The Morgan fingerprint density at radius 1 is 1.39 bits per heavy atom. The first-order valence-electron chi connectivity index (χ1n) is 8.14. The second-order valence-electron chi connectivity index (χ2n) is 6.06. The highest BCUT2D eigenvalue weighted by atomic mass is 16.5. The highest BCUT2D eigenvalue weighted by Gasteiger charge is 2.21. The molecule has 0 aliphatic carbocycles. The average Bonchev–Trinajstić information content (AvgIpc) is 2.93. The number of benzene rings is 1. The van der Waals surface area contributed by atoms with Crippen LogP contribution in [0.15, 0.2) is 30.3 Å². The molecule has 2 unspecified atom stereocenters. The lowest BCUT2D eigenvalue weighted by Gasteiger charge is -2.24. The van der Waals surface area contributed by atoms with Crippen molar-refractivity contribution in [1.82, 2.24) is 20.1 Å². The Balaban J connectivity index is 1.35. The van der Waals surface area contributed by atoms with Crippen LogP contribution in [-0.2, 0) is 24.3 Å². The van der Waals surface area contributed by atoms with Crippen LogP contribution in [0.25, 0.3) is 0 Å². The third-order valence-corrected chi connectivity index (χ3v) is 4.03. The van der Waals surface area contributed by atoms with Gasteiger partial charge in [-0.2, -0.15) is 5.10 Å². The molecule has 6 nitrogen and oxygen atoms in total. The minimum Gasteiger partial charge on any atom is -0.389 e. The van der Waals surface area contributed by atoms with Crippen molar-refractivity contribution < 1.29 is 9.84 Å². The molecule has 2 atom stereocenters. The average molecular weight is 316 g/mol. The molecule has 1 aromatic carbocycles. The lowest BCUT2D eigenvalue weighted by atomic mass is 10.1. The first-order chi connectivity index (χ1) is 11.2. The van der Waals surface area contributed by atoms with Gasteiger partial charge in [0.25, 0.3) is 0 Å². The van der Waals surface area contributed by atoms with E-state index in [1.165, 1.54) is 0 Å². The summed E-state index contributed by atoms with van der Waals surface area (Å²) in [4.78, 5) is 4.40. The molecule has 1 aromatic heterocycles. The molecule has 2 N–H and O–H groups in total. The van der Waals surface area contributed by atoms with Gasteiger partial charge in [-0.1, -0.05) is 30.3 Å². The summed E-state index contributed by atoms with van der Waals surface area (Å²) in [5.74, 6) is 1.89. The Hall–Kier alpha value is -1.76. The normalized spacial score (nSPS) is 18.6. The van der Waals surface area contributed by atoms with Crippen LogP contribution in [0.5, 0.6) is 0 Å². The van der Waals surface area contributed by atoms with E-state index in [4.69, 9.17) is 4.74 Å². The molecule has 1 aliphatic rings. The zero-order valence-electron chi connectivity index (χ0n) is 13.5. The summed E-state index contributed by atoms with van der Waals surface area (Å²) >= 11 is 0. The maximum absolute atomic E-state index is 10.0. The van der Waals surface area contributed by atoms with E-state index in [0.29, 0.717) is 25.8 Å². The van der Waals surface area contributed by atoms with Gasteiger partial charge in [0.1, 0.15) is 11.6 Å². The van der Waals surface area contributed by atoms with Crippen LogP contribution in [0.1, 0.15) is 23.6 Å². The van der Waals surface area contributed by atoms with Crippen molar-refractivity contribution in [2.75, 3.05) is 13.2 Å². The number of ether oxygens (including phenoxy) is 1. The third-order valence-electron chi connectivity index (χ3n) is 4.03. The standard InChI is InChI=1S/C17H24N4O2/c1-13-19-17-8-7-15(10-21(17)20-13)18-9-16(22)12-23-11-14-5-3-2-4-6-14/h2-6,15-16,18,22H,7-12H2,1H3. The minimum absolute atomic E-state index is 0.326. The Morgan fingerprint density at radius 3 is 3.04 bits per heavy atom. The molecule has 2 heterocycles. The van der Waals surface area contributed by atoms with E-state index < -0.39 is 6.10 Å². The number of aliphatic hydroxyl groups is 1. The van der Waals surface area contributed by atoms with Gasteiger partial charge in [0, 0.05) is 19.0 Å². The number of nitrogens with one attached hydrogen (secondary N) is 1. The van der Waals surface area contributed by atoms with Crippen LogP contribution >= 0.6 is 0 Å². The first-order valence-corrected chi connectivity index (χ1v) is 8.14. The Labute approximate surface area is 136 Å². The SMILES string of the molecule is Cc1nc2n(n1)CC(NCC(O)COCc1ccccc1)CC2. The summed E-state index contributed by atoms with van der Waals surface area (Å²) in [6.45, 7) is 4.13.